The van der Waals surface area contributed by atoms with Crippen molar-refractivity contribution >= 4 is 0 Å². The van der Waals surface area contributed by atoms with Crippen LogP contribution in [0.4, 0.5) is 0 Å². The van der Waals surface area contributed by atoms with E-state index in [-0.39, 0.29) is 0 Å². The van der Waals surface area contributed by atoms with Gasteiger partial charge in [-0.05, 0) is 84.8 Å². The zero-order valence-electron chi connectivity index (χ0n) is 13.7. The van der Waals surface area contributed by atoms with Gasteiger partial charge in [-0.25, -0.2) is 0 Å². The summed E-state index contributed by atoms with van der Waals surface area (Å²) in [5.41, 5.74) is 5.88. The third-order valence-corrected chi connectivity index (χ3v) is 7.40. The highest BCUT2D eigenvalue weighted by atomic mass is 14.5. The Morgan fingerprint density at radius 3 is 2.68 bits per heavy atom. The Kier molecular flexibility index (Phi) is 3.03. The Labute approximate surface area is 135 Å². The molecule has 2 fully saturated rings. The maximum Gasteiger partial charge on any atom is -0.0159 e. The molecular formula is C22H28. The van der Waals surface area contributed by atoms with Crippen molar-refractivity contribution in [1.29, 1.82) is 0 Å². The zero-order chi connectivity index (χ0) is 14.6. The molecule has 0 heterocycles. The highest BCUT2D eigenvalue weighted by Crippen LogP contribution is 2.58. The van der Waals surface area contributed by atoms with Gasteiger partial charge in [-0.15, -0.1) is 0 Å². The SMILES string of the molecule is C1=CC2CC1CC21CCc2cccc(C3CCCCC3)c2C1. The van der Waals surface area contributed by atoms with Crippen LogP contribution >= 0.6 is 0 Å². The first-order valence-corrected chi connectivity index (χ1v) is 9.63. The van der Waals surface area contributed by atoms with E-state index in [9.17, 15) is 0 Å². The second-order valence-electron chi connectivity index (χ2n) is 8.55. The molecule has 0 saturated heterocycles. The lowest BCUT2D eigenvalue weighted by atomic mass is 9.63. The molecule has 0 N–H and O–H groups in total. The highest BCUT2D eigenvalue weighted by Gasteiger charge is 2.49. The number of fused-ring (bicyclic) bond motifs is 4. The molecule has 0 aliphatic heterocycles. The van der Waals surface area contributed by atoms with Gasteiger partial charge in [-0.2, -0.15) is 0 Å². The van der Waals surface area contributed by atoms with Crippen LogP contribution in [0.2, 0.25) is 0 Å². The van der Waals surface area contributed by atoms with E-state index in [0.29, 0.717) is 5.41 Å². The summed E-state index contributed by atoms with van der Waals surface area (Å²) in [7, 11) is 0. The van der Waals surface area contributed by atoms with Crippen molar-refractivity contribution in [3.05, 3.63) is 47.0 Å². The van der Waals surface area contributed by atoms with E-state index in [4.69, 9.17) is 0 Å². The molecule has 0 aromatic heterocycles. The topological polar surface area (TPSA) is 0 Å². The second kappa shape index (κ2) is 4.98. The molecule has 1 aromatic rings. The molecular weight excluding hydrogens is 264 g/mol. The molecule has 0 amide bonds. The predicted molar refractivity (Wildman–Crippen MR) is 92.1 cm³/mol. The Hall–Kier alpha value is -1.04. The number of rotatable bonds is 1. The first-order valence-electron chi connectivity index (χ1n) is 9.63. The molecule has 22 heavy (non-hydrogen) atoms. The molecule has 4 aliphatic rings. The number of benzene rings is 1. The minimum Gasteiger partial charge on any atom is -0.0851 e. The summed E-state index contributed by atoms with van der Waals surface area (Å²) < 4.78 is 0. The lowest BCUT2D eigenvalue weighted by molar-refractivity contribution is 0.193. The van der Waals surface area contributed by atoms with Gasteiger partial charge in [0, 0.05) is 0 Å². The van der Waals surface area contributed by atoms with E-state index in [0.717, 1.165) is 17.8 Å². The third-order valence-electron chi connectivity index (χ3n) is 7.40. The van der Waals surface area contributed by atoms with Crippen molar-refractivity contribution in [2.24, 2.45) is 17.3 Å². The molecule has 116 valence electrons. The Morgan fingerprint density at radius 2 is 1.91 bits per heavy atom. The molecule has 0 radical (unpaired) electrons. The summed E-state index contributed by atoms with van der Waals surface area (Å²) in [5, 5.41) is 0. The first kappa shape index (κ1) is 13.4. The van der Waals surface area contributed by atoms with Gasteiger partial charge in [0.2, 0.25) is 0 Å². The molecule has 1 spiro atoms. The maximum atomic E-state index is 2.57. The zero-order valence-corrected chi connectivity index (χ0v) is 13.7. The highest BCUT2D eigenvalue weighted by molar-refractivity contribution is 5.41. The van der Waals surface area contributed by atoms with Crippen molar-refractivity contribution < 1.29 is 0 Å². The van der Waals surface area contributed by atoms with Crippen LogP contribution in [-0.4, -0.2) is 0 Å². The Bertz CT molecular complexity index is 604. The van der Waals surface area contributed by atoms with Gasteiger partial charge in [-0.1, -0.05) is 49.6 Å². The van der Waals surface area contributed by atoms with Crippen LogP contribution in [0, 0.1) is 17.3 Å². The average Bonchev–Trinajstić information content (AvgIpc) is 3.16. The molecule has 3 unspecified atom stereocenters. The maximum absolute atomic E-state index is 2.57. The Morgan fingerprint density at radius 1 is 1.00 bits per heavy atom. The van der Waals surface area contributed by atoms with E-state index in [1.165, 1.54) is 64.2 Å². The van der Waals surface area contributed by atoms with Gasteiger partial charge in [0.15, 0.2) is 0 Å². The summed E-state index contributed by atoms with van der Waals surface area (Å²) in [6.45, 7) is 0. The molecule has 3 atom stereocenters. The number of hydrogen-bond donors (Lipinski definition) is 0. The lowest BCUT2D eigenvalue weighted by Gasteiger charge is -2.42. The minimum atomic E-state index is 0.636. The summed E-state index contributed by atoms with van der Waals surface area (Å²) in [5.74, 6) is 2.67. The van der Waals surface area contributed by atoms with E-state index >= 15 is 0 Å². The number of aryl methyl sites for hydroxylation is 1. The van der Waals surface area contributed by atoms with E-state index in [2.05, 4.69) is 30.4 Å². The average molecular weight is 292 g/mol. The molecule has 5 rings (SSSR count). The van der Waals surface area contributed by atoms with E-state index < -0.39 is 0 Å². The van der Waals surface area contributed by atoms with Crippen LogP contribution in [0.1, 0.15) is 74.0 Å². The fourth-order valence-electron chi connectivity index (χ4n) is 6.27. The van der Waals surface area contributed by atoms with Crippen LogP contribution in [0.3, 0.4) is 0 Å². The fraction of sp³-hybridized carbons (Fsp3) is 0.636. The van der Waals surface area contributed by atoms with Crippen molar-refractivity contribution in [3.63, 3.8) is 0 Å². The molecule has 2 saturated carbocycles. The van der Waals surface area contributed by atoms with Crippen LogP contribution in [0.25, 0.3) is 0 Å². The van der Waals surface area contributed by atoms with E-state index in [1.54, 1.807) is 16.7 Å². The number of hydrogen-bond acceptors (Lipinski definition) is 0. The standard InChI is InChI=1S/C22H28/c1-2-5-17(6-3-1)20-8-4-7-18-11-12-22(15-21(18)20)14-16-9-10-19(22)13-16/h4,7-10,16-17,19H,1-3,5-6,11-15H2. The molecule has 1 aromatic carbocycles. The monoisotopic (exact) mass is 292 g/mol. The van der Waals surface area contributed by atoms with Crippen molar-refractivity contribution in [2.45, 2.75) is 70.1 Å². The van der Waals surface area contributed by atoms with Gasteiger partial charge < -0.3 is 0 Å². The van der Waals surface area contributed by atoms with Crippen LogP contribution in [0.5, 0.6) is 0 Å². The molecule has 2 bridgehead atoms. The molecule has 4 aliphatic carbocycles. The third kappa shape index (κ3) is 1.95. The molecule has 0 nitrogen and oxygen atoms in total. The fourth-order valence-corrected chi connectivity index (χ4v) is 6.27. The second-order valence-corrected chi connectivity index (χ2v) is 8.55. The molecule has 0 heteroatoms. The van der Waals surface area contributed by atoms with Crippen molar-refractivity contribution in [3.8, 4) is 0 Å². The first-order chi connectivity index (χ1) is 10.8. The van der Waals surface area contributed by atoms with Gasteiger partial charge in [0.1, 0.15) is 0 Å². The quantitative estimate of drug-likeness (QED) is 0.573. The predicted octanol–water partition coefficient (Wildman–Crippen LogP) is 5.81. The van der Waals surface area contributed by atoms with Crippen LogP contribution < -0.4 is 0 Å². The minimum absolute atomic E-state index is 0.636. The number of allylic oxidation sites excluding steroid dienone is 2. The summed E-state index contributed by atoms with van der Waals surface area (Å²) in [6, 6.07) is 7.26. The Balaban J connectivity index is 1.51. The van der Waals surface area contributed by atoms with Crippen LogP contribution in [-0.2, 0) is 12.8 Å². The van der Waals surface area contributed by atoms with Gasteiger partial charge >= 0.3 is 0 Å². The van der Waals surface area contributed by atoms with Crippen molar-refractivity contribution in [2.75, 3.05) is 0 Å². The normalized spacial score (nSPS) is 36.9. The van der Waals surface area contributed by atoms with Gasteiger partial charge in [0.25, 0.3) is 0 Å². The van der Waals surface area contributed by atoms with E-state index in [1.807, 2.05) is 0 Å². The summed E-state index contributed by atoms with van der Waals surface area (Å²) in [6.07, 6.45) is 19.4. The smallest absolute Gasteiger partial charge is 0.0159 e. The van der Waals surface area contributed by atoms with Gasteiger partial charge in [-0.3, -0.25) is 0 Å². The van der Waals surface area contributed by atoms with Gasteiger partial charge in [0.05, 0.1) is 0 Å². The summed E-state index contributed by atoms with van der Waals surface area (Å²) in [4.78, 5) is 0. The largest absolute Gasteiger partial charge is 0.0851 e. The summed E-state index contributed by atoms with van der Waals surface area (Å²) >= 11 is 0. The van der Waals surface area contributed by atoms with Crippen molar-refractivity contribution in [1.82, 2.24) is 0 Å². The lowest BCUT2D eigenvalue weighted by Crippen LogP contribution is -2.33. The van der Waals surface area contributed by atoms with Crippen LogP contribution in [0.15, 0.2) is 30.4 Å².